The number of ether oxygens (including phenoxy) is 1. The second-order valence-electron chi connectivity index (χ2n) is 6.57. The number of carbonyl (C=O) groups excluding carboxylic acids is 2. The fourth-order valence-corrected chi connectivity index (χ4v) is 2.87. The molecule has 2 aromatic carbocycles. The van der Waals surface area contributed by atoms with Gasteiger partial charge in [-0.1, -0.05) is 60.7 Å². The van der Waals surface area contributed by atoms with Crippen molar-refractivity contribution in [2.45, 2.75) is 37.5 Å². The summed E-state index contributed by atoms with van der Waals surface area (Å²) >= 11 is 0. The molecule has 0 aliphatic heterocycles. The van der Waals surface area contributed by atoms with E-state index in [1.54, 1.807) is 48.5 Å². The zero-order valence-corrected chi connectivity index (χ0v) is 15.9. The molecular weight excluding hydrogens is 385 g/mol. The van der Waals surface area contributed by atoms with Crippen molar-refractivity contribution in [2.24, 2.45) is 5.73 Å². The van der Waals surface area contributed by atoms with Gasteiger partial charge in [-0.05, 0) is 24.5 Å². The van der Waals surface area contributed by atoms with E-state index in [1.165, 1.54) is 19.1 Å². The minimum Gasteiger partial charge on any atom is -0.464 e. The molecule has 8 heteroatoms. The third-order valence-electron chi connectivity index (χ3n) is 4.39. The van der Waals surface area contributed by atoms with E-state index < -0.39 is 36.1 Å². The van der Waals surface area contributed by atoms with Gasteiger partial charge >= 0.3 is 12.1 Å². The summed E-state index contributed by atoms with van der Waals surface area (Å²) < 4.78 is 47.1. The van der Waals surface area contributed by atoms with Crippen molar-refractivity contribution in [3.63, 3.8) is 0 Å². The Morgan fingerprint density at radius 3 is 2.00 bits per heavy atom. The quantitative estimate of drug-likeness (QED) is 0.658. The fourth-order valence-electron chi connectivity index (χ4n) is 2.87. The molecule has 0 heterocycles. The number of nitrogens with two attached hydrogens (primary N) is 1. The third kappa shape index (κ3) is 5.57. The number of carbonyl (C=O) groups is 2. The number of amides is 1. The number of nitrogens with one attached hydrogen (secondary N) is 1. The van der Waals surface area contributed by atoms with E-state index in [0.717, 1.165) is 0 Å². The Kier molecular flexibility index (Phi) is 7.39. The largest absolute Gasteiger partial charge is 0.464 e. The van der Waals surface area contributed by atoms with E-state index in [9.17, 15) is 22.8 Å². The van der Waals surface area contributed by atoms with Crippen LogP contribution in [0.2, 0.25) is 0 Å². The molecule has 0 aliphatic carbocycles. The van der Waals surface area contributed by atoms with E-state index in [0.29, 0.717) is 5.56 Å². The summed E-state index contributed by atoms with van der Waals surface area (Å²) in [5.41, 5.74) is 3.50. The molecule has 0 saturated carbocycles. The van der Waals surface area contributed by atoms with Crippen LogP contribution in [0.4, 0.5) is 13.2 Å². The molecule has 0 radical (unpaired) electrons. The summed E-state index contributed by atoms with van der Waals surface area (Å²) in [5.74, 6) is -2.66. The van der Waals surface area contributed by atoms with Gasteiger partial charge in [0.15, 0.2) is 0 Å². The first-order valence-electron chi connectivity index (χ1n) is 9.09. The first-order chi connectivity index (χ1) is 13.7. The van der Waals surface area contributed by atoms with E-state index in [4.69, 9.17) is 10.5 Å². The average molecular weight is 408 g/mol. The van der Waals surface area contributed by atoms with Gasteiger partial charge in [0.05, 0.1) is 12.6 Å². The molecule has 1 unspecified atom stereocenters. The molecule has 0 spiro atoms. The van der Waals surface area contributed by atoms with Gasteiger partial charge in [0.2, 0.25) is 11.4 Å². The number of hydrogen-bond acceptors (Lipinski definition) is 4. The topological polar surface area (TPSA) is 81.4 Å². The molecule has 0 fully saturated rings. The van der Waals surface area contributed by atoms with E-state index in [-0.39, 0.29) is 18.6 Å². The third-order valence-corrected chi connectivity index (χ3v) is 4.39. The molecule has 0 aliphatic rings. The van der Waals surface area contributed by atoms with Crippen LogP contribution in [-0.4, -0.2) is 36.2 Å². The highest BCUT2D eigenvalue weighted by molar-refractivity contribution is 5.91. The number of halogens is 3. The second kappa shape index (κ2) is 9.56. The van der Waals surface area contributed by atoms with Crippen LogP contribution in [0.3, 0.4) is 0 Å². The number of alkyl halides is 3. The molecule has 5 nitrogen and oxygen atoms in total. The van der Waals surface area contributed by atoms with E-state index in [2.05, 4.69) is 0 Å². The Hall–Kier alpha value is -2.87. The van der Waals surface area contributed by atoms with E-state index in [1.807, 2.05) is 5.32 Å². The van der Waals surface area contributed by atoms with Gasteiger partial charge in [0, 0.05) is 6.42 Å². The predicted molar refractivity (Wildman–Crippen MR) is 102 cm³/mol. The number of hydrogen-bond donors (Lipinski definition) is 2. The zero-order chi connectivity index (χ0) is 21.5. The maximum atomic E-state index is 14.1. The van der Waals surface area contributed by atoms with Crippen LogP contribution in [0.1, 0.15) is 18.1 Å². The molecule has 2 rings (SSSR count). The summed E-state index contributed by atoms with van der Waals surface area (Å²) in [6, 6.07) is 15.0. The van der Waals surface area contributed by atoms with Crippen molar-refractivity contribution in [3.05, 3.63) is 71.8 Å². The van der Waals surface area contributed by atoms with Crippen LogP contribution in [0.25, 0.3) is 0 Å². The Morgan fingerprint density at radius 1 is 1.00 bits per heavy atom. The average Bonchev–Trinajstić information content (AvgIpc) is 2.68. The Labute approximate surface area is 167 Å². The predicted octanol–water partition coefficient (Wildman–Crippen LogP) is 2.78. The van der Waals surface area contributed by atoms with Crippen LogP contribution in [0.15, 0.2) is 60.7 Å². The van der Waals surface area contributed by atoms with Gasteiger partial charge in [-0.3, -0.25) is 4.79 Å². The molecular formula is C21H23F3N2O3. The van der Waals surface area contributed by atoms with Crippen LogP contribution < -0.4 is 11.1 Å². The SMILES string of the molecule is CCOC(=O)C(Cc1ccccc1)(NC(=O)[C@@H](N)Cc1ccccc1)C(F)(F)F. The van der Waals surface area contributed by atoms with Gasteiger partial charge < -0.3 is 15.8 Å². The lowest BCUT2D eigenvalue weighted by Gasteiger charge is -2.35. The van der Waals surface area contributed by atoms with Gasteiger partial charge in [-0.2, -0.15) is 13.2 Å². The summed E-state index contributed by atoms with van der Waals surface area (Å²) in [7, 11) is 0. The highest BCUT2D eigenvalue weighted by Gasteiger charge is 2.62. The number of rotatable bonds is 8. The Bertz CT molecular complexity index is 813. The van der Waals surface area contributed by atoms with Gasteiger partial charge in [-0.15, -0.1) is 0 Å². The second-order valence-corrected chi connectivity index (χ2v) is 6.57. The first-order valence-corrected chi connectivity index (χ1v) is 9.09. The Balaban J connectivity index is 2.34. The monoisotopic (exact) mass is 408 g/mol. The maximum Gasteiger partial charge on any atom is 0.422 e. The minimum atomic E-state index is -5.10. The van der Waals surface area contributed by atoms with Crippen LogP contribution >= 0.6 is 0 Å². The first kappa shape index (κ1) is 22.4. The van der Waals surface area contributed by atoms with Gasteiger partial charge in [0.1, 0.15) is 0 Å². The molecule has 0 saturated heterocycles. The molecule has 2 aromatic rings. The summed E-state index contributed by atoms with van der Waals surface area (Å²) in [5, 5.41) is 1.86. The molecule has 2 atom stereocenters. The number of benzene rings is 2. The summed E-state index contributed by atoms with van der Waals surface area (Å²) in [6.45, 7) is 1.13. The van der Waals surface area contributed by atoms with Crippen molar-refractivity contribution in [1.29, 1.82) is 0 Å². The molecule has 29 heavy (non-hydrogen) atoms. The molecule has 0 bridgehead atoms. The van der Waals surface area contributed by atoms with Crippen molar-refractivity contribution in [3.8, 4) is 0 Å². The van der Waals surface area contributed by atoms with Crippen molar-refractivity contribution in [2.75, 3.05) is 6.61 Å². The molecule has 0 aromatic heterocycles. The zero-order valence-electron chi connectivity index (χ0n) is 15.9. The van der Waals surface area contributed by atoms with Crippen molar-refractivity contribution >= 4 is 11.9 Å². The lowest BCUT2D eigenvalue weighted by molar-refractivity contribution is -0.214. The van der Waals surface area contributed by atoms with E-state index >= 15 is 0 Å². The van der Waals surface area contributed by atoms with Crippen molar-refractivity contribution in [1.82, 2.24) is 5.32 Å². The van der Waals surface area contributed by atoms with Gasteiger partial charge in [-0.25, -0.2) is 4.79 Å². The highest BCUT2D eigenvalue weighted by Crippen LogP contribution is 2.35. The molecule has 1 amide bonds. The lowest BCUT2D eigenvalue weighted by atomic mass is 9.89. The standard InChI is InChI=1S/C21H23F3N2O3/c1-2-29-19(28)20(21(22,23)24,14-16-11-7-4-8-12-16)26-18(27)17(25)13-15-9-5-3-6-10-15/h3-12,17H,2,13-14,25H2,1H3,(H,26,27)/t17-,20?/m0/s1. The van der Waals surface area contributed by atoms with Crippen LogP contribution in [0.5, 0.6) is 0 Å². The Morgan fingerprint density at radius 2 is 1.52 bits per heavy atom. The summed E-state index contributed by atoms with van der Waals surface area (Å²) in [6.07, 6.45) is -5.88. The molecule has 3 N–H and O–H groups in total. The fraction of sp³-hybridized carbons (Fsp3) is 0.333. The summed E-state index contributed by atoms with van der Waals surface area (Å²) in [4.78, 5) is 25.0. The van der Waals surface area contributed by atoms with Crippen LogP contribution in [-0.2, 0) is 27.2 Å². The van der Waals surface area contributed by atoms with Crippen molar-refractivity contribution < 1.29 is 27.5 Å². The minimum absolute atomic E-state index is 0.0226. The lowest BCUT2D eigenvalue weighted by Crippen LogP contribution is -2.68. The smallest absolute Gasteiger partial charge is 0.422 e. The normalized spacial score (nSPS) is 14.5. The maximum absolute atomic E-state index is 14.1. The van der Waals surface area contributed by atoms with Crippen LogP contribution in [0, 0.1) is 0 Å². The number of esters is 1. The highest BCUT2D eigenvalue weighted by atomic mass is 19.4. The van der Waals surface area contributed by atoms with Gasteiger partial charge in [0.25, 0.3) is 0 Å². The molecule has 156 valence electrons.